The molecule has 2 unspecified atom stereocenters. The third-order valence-corrected chi connectivity index (χ3v) is 6.04. The molecule has 0 aromatic carbocycles. The van der Waals surface area contributed by atoms with Gasteiger partial charge in [-0.3, -0.25) is 0 Å². The van der Waals surface area contributed by atoms with Crippen molar-refractivity contribution in [1.29, 1.82) is 0 Å². The highest BCUT2D eigenvalue weighted by Gasteiger charge is 2.25. The standard InChI is InChI=1S/C18H30N4O4S2/c1-5-23-15-9-19-17(25-7-3)13(21-15)11-27-28-12-14-18(26-8-4)20-10-16(22-14)24-6-2/h13-14H,5-12H2,1-4H3. The molecule has 0 aromatic rings. The largest absolute Gasteiger partial charge is 0.480 e. The number of ether oxygens (including phenoxy) is 4. The highest BCUT2D eigenvalue weighted by molar-refractivity contribution is 8.76. The molecule has 0 spiro atoms. The minimum atomic E-state index is -0.123. The van der Waals surface area contributed by atoms with Crippen LogP contribution in [0.4, 0.5) is 0 Å². The van der Waals surface area contributed by atoms with Gasteiger partial charge in [0.1, 0.15) is 25.2 Å². The molecule has 0 fully saturated rings. The third-order valence-electron chi connectivity index (χ3n) is 3.65. The van der Waals surface area contributed by atoms with Crippen LogP contribution in [0.15, 0.2) is 20.0 Å². The second-order valence-electron chi connectivity index (χ2n) is 5.69. The predicted molar refractivity (Wildman–Crippen MR) is 118 cm³/mol. The number of nitrogens with zero attached hydrogens (tertiary/aromatic N) is 4. The Morgan fingerprint density at radius 2 is 1.07 bits per heavy atom. The quantitative estimate of drug-likeness (QED) is 0.413. The molecular weight excluding hydrogens is 400 g/mol. The molecule has 2 rings (SSSR count). The van der Waals surface area contributed by atoms with Crippen molar-refractivity contribution in [2.75, 3.05) is 51.0 Å². The molecular formula is C18H30N4O4S2. The van der Waals surface area contributed by atoms with Gasteiger partial charge in [0.05, 0.1) is 26.4 Å². The number of aliphatic imine (C=N–C) groups is 4. The number of hydrogen-bond donors (Lipinski definition) is 0. The molecule has 0 aromatic heterocycles. The summed E-state index contributed by atoms with van der Waals surface area (Å²) in [5.74, 6) is 4.21. The Hall–Kier alpha value is -1.42. The van der Waals surface area contributed by atoms with Crippen molar-refractivity contribution >= 4 is 45.2 Å². The van der Waals surface area contributed by atoms with E-state index in [4.69, 9.17) is 18.9 Å². The van der Waals surface area contributed by atoms with Crippen molar-refractivity contribution in [1.82, 2.24) is 0 Å². The van der Waals surface area contributed by atoms with Gasteiger partial charge in [0.2, 0.25) is 23.6 Å². The molecule has 0 aliphatic carbocycles. The highest BCUT2D eigenvalue weighted by Crippen LogP contribution is 2.27. The van der Waals surface area contributed by atoms with Crippen LogP contribution >= 0.6 is 21.6 Å². The van der Waals surface area contributed by atoms with Crippen molar-refractivity contribution in [3.63, 3.8) is 0 Å². The van der Waals surface area contributed by atoms with Crippen LogP contribution < -0.4 is 0 Å². The van der Waals surface area contributed by atoms with Gasteiger partial charge in [-0.2, -0.15) is 0 Å². The second kappa shape index (κ2) is 12.9. The monoisotopic (exact) mass is 430 g/mol. The Kier molecular flexibility index (Phi) is 10.6. The zero-order valence-corrected chi connectivity index (χ0v) is 18.7. The van der Waals surface area contributed by atoms with Gasteiger partial charge in [0, 0.05) is 11.5 Å². The van der Waals surface area contributed by atoms with E-state index in [0.29, 0.717) is 63.1 Å². The van der Waals surface area contributed by atoms with Gasteiger partial charge in [0.25, 0.3) is 0 Å². The minimum absolute atomic E-state index is 0.123. The Morgan fingerprint density at radius 3 is 1.43 bits per heavy atom. The summed E-state index contributed by atoms with van der Waals surface area (Å²) in [6, 6.07) is -0.247. The maximum atomic E-state index is 5.65. The molecule has 2 heterocycles. The van der Waals surface area contributed by atoms with Gasteiger partial charge >= 0.3 is 0 Å². The van der Waals surface area contributed by atoms with Gasteiger partial charge in [-0.05, 0) is 27.7 Å². The molecule has 2 atom stereocenters. The van der Waals surface area contributed by atoms with Gasteiger partial charge in [0.15, 0.2) is 0 Å². The first-order valence-electron chi connectivity index (χ1n) is 9.69. The van der Waals surface area contributed by atoms with E-state index < -0.39 is 0 Å². The summed E-state index contributed by atoms with van der Waals surface area (Å²) in [6.07, 6.45) is 0. The second-order valence-corrected chi connectivity index (χ2v) is 8.24. The molecule has 2 aliphatic rings. The number of hydrogen-bond acceptors (Lipinski definition) is 10. The van der Waals surface area contributed by atoms with Crippen LogP contribution in [0.1, 0.15) is 27.7 Å². The lowest BCUT2D eigenvalue weighted by Gasteiger charge is -2.22. The topological polar surface area (TPSA) is 86.4 Å². The zero-order valence-electron chi connectivity index (χ0n) is 17.0. The van der Waals surface area contributed by atoms with Crippen LogP contribution in [0.3, 0.4) is 0 Å². The lowest BCUT2D eigenvalue weighted by Crippen LogP contribution is -2.32. The summed E-state index contributed by atoms with van der Waals surface area (Å²) >= 11 is 0. The van der Waals surface area contributed by atoms with Gasteiger partial charge in [-0.15, -0.1) is 0 Å². The van der Waals surface area contributed by atoms with Crippen LogP contribution in [0.2, 0.25) is 0 Å². The molecule has 0 saturated heterocycles. The van der Waals surface area contributed by atoms with E-state index in [9.17, 15) is 0 Å². The van der Waals surface area contributed by atoms with E-state index in [-0.39, 0.29) is 12.1 Å². The Morgan fingerprint density at radius 1 is 0.679 bits per heavy atom. The van der Waals surface area contributed by atoms with E-state index in [1.165, 1.54) is 0 Å². The van der Waals surface area contributed by atoms with Crippen LogP contribution in [-0.2, 0) is 18.9 Å². The van der Waals surface area contributed by atoms with E-state index in [1.54, 1.807) is 21.6 Å². The van der Waals surface area contributed by atoms with Gasteiger partial charge < -0.3 is 18.9 Å². The Bertz CT molecular complexity index is 558. The average molecular weight is 431 g/mol. The predicted octanol–water partition coefficient (Wildman–Crippen LogP) is 2.87. The van der Waals surface area contributed by atoms with Crippen molar-refractivity contribution in [3.05, 3.63) is 0 Å². The summed E-state index contributed by atoms with van der Waals surface area (Å²) in [6.45, 7) is 11.0. The first-order valence-corrected chi connectivity index (χ1v) is 12.2. The summed E-state index contributed by atoms with van der Waals surface area (Å²) in [5, 5.41) is 0. The highest BCUT2D eigenvalue weighted by atomic mass is 33.1. The summed E-state index contributed by atoms with van der Waals surface area (Å²) < 4.78 is 22.3. The van der Waals surface area contributed by atoms with Gasteiger partial charge in [-0.25, -0.2) is 20.0 Å². The lowest BCUT2D eigenvalue weighted by molar-refractivity contribution is 0.296. The molecule has 0 saturated carbocycles. The Balaban J connectivity index is 1.87. The van der Waals surface area contributed by atoms with Crippen LogP contribution in [0, 0.1) is 0 Å². The van der Waals surface area contributed by atoms with E-state index in [2.05, 4.69) is 20.0 Å². The van der Waals surface area contributed by atoms with Crippen molar-refractivity contribution in [2.45, 2.75) is 39.8 Å². The molecule has 2 aliphatic heterocycles. The van der Waals surface area contributed by atoms with Crippen LogP contribution in [-0.4, -0.2) is 86.7 Å². The molecule has 0 radical (unpaired) electrons. The first-order chi connectivity index (χ1) is 13.7. The van der Waals surface area contributed by atoms with Gasteiger partial charge in [-0.1, -0.05) is 21.6 Å². The van der Waals surface area contributed by atoms with Crippen LogP contribution in [0.25, 0.3) is 0 Å². The lowest BCUT2D eigenvalue weighted by atomic mass is 10.3. The number of rotatable bonds is 9. The maximum Gasteiger partial charge on any atom is 0.210 e. The fourth-order valence-electron chi connectivity index (χ4n) is 2.56. The van der Waals surface area contributed by atoms with E-state index in [1.807, 2.05) is 27.7 Å². The SMILES string of the molecule is CCOC1=NC(CSSCC2N=C(OCC)CN=C2OCC)C(OCC)=NC1. The fraction of sp³-hybridized carbons (Fsp3) is 0.778. The molecule has 0 bridgehead atoms. The summed E-state index contributed by atoms with van der Waals surface area (Å²) in [5.41, 5.74) is 0. The minimum Gasteiger partial charge on any atom is -0.480 e. The first kappa shape index (κ1) is 22.9. The zero-order chi connectivity index (χ0) is 20.2. The molecule has 0 N–H and O–H groups in total. The van der Waals surface area contributed by atoms with E-state index in [0.717, 1.165) is 11.5 Å². The smallest absolute Gasteiger partial charge is 0.210 e. The summed E-state index contributed by atoms with van der Waals surface area (Å²) in [4.78, 5) is 18.2. The average Bonchev–Trinajstić information content (AvgIpc) is 2.69. The Labute approximate surface area is 175 Å². The molecule has 158 valence electrons. The van der Waals surface area contributed by atoms with Crippen molar-refractivity contribution in [2.24, 2.45) is 20.0 Å². The molecule has 28 heavy (non-hydrogen) atoms. The molecule has 10 heteroatoms. The third kappa shape index (κ3) is 7.20. The maximum absolute atomic E-state index is 5.65. The normalized spacial score (nSPS) is 21.9. The molecule has 0 amide bonds. The summed E-state index contributed by atoms with van der Waals surface area (Å²) in [7, 11) is 3.42. The molecule has 8 nitrogen and oxygen atoms in total. The van der Waals surface area contributed by atoms with Crippen molar-refractivity contribution < 1.29 is 18.9 Å². The van der Waals surface area contributed by atoms with Crippen molar-refractivity contribution in [3.8, 4) is 0 Å². The van der Waals surface area contributed by atoms with Crippen LogP contribution in [0.5, 0.6) is 0 Å². The fourth-order valence-corrected chi connectivity index (χ4v) is 4.80. The van der Waals surface area contributed by atoms with E-state index >= 15 is 0 Å².